The molecular weight excluding hydrogens is 210 g/mol. The standard InChI is InChI=1S/C7H13NO3S2/c1-5(13-12)7(10)8-4-3-6(9)11-2/h5,12H,3-4H2,1-2H3,(H,8,10). The number of thiol groups is 1. The second-order valence-electron chi connectivity index (χ2n) is 2.36. The number of ether oxygens (including phenoxy) is 1. The van der Waals surface area contributed by atoms with E-state index >= 15 is 0 Å². The molecule has 0 aliphatic rings. The van der Waals surface area contributed by atoms with Crippen molar-refractivity contribution in [3.63, 3.8) is 0 Å². The van der Waals surface area contributed by atoms with Gasteiger partial charge in [-0.05, 0) is 6.92 Å². The Labute approximate surface area is 86.6 Å². The van der Waals surface area contributed by atoms with Crippen molar-refractivity contribution in [2.24, 2.45) is 0 Å². The van der Waals surface area contributed by atoms with Crippen molar-refractivity contribution in [1.82, 2.24) is 5.32 Å². The summed E-state index contributed by atoms with van der Waals surface area (Å²) < 4.78 is 4.41. The third-order valence-corrected chi connectivity index (χ3v) is 2.86. The molecule has 1 atom stereocenters. The molecule has 0 spiro atoms. The molecule has 0 radical (unpaired) electrons. The Kier molecular flexibility index (Phi) is 6.89. The van der Waals surface area contributed by atoms with Crippen molar-refractivity contribution < 1.29 is 14.3 Å². The highest BCUT2D eigenvalue weighted by Crippen LogP contribution is 2.13. The monoisotopic (exact) mass is 223 g/mol. The SMILES string of the molecule is COC(=O)CCNC(=O)C(C)SS. The van der Waals surface area contributed by atoms with Crippen LogP contribution in [0.15, 0.2) is 0 Å². The summed E-state index contributed by atoms with van der Waals surface area (Å²) in [5, 5.41) is 2.38. The average Bonchev–Trinajstić information content (AvgIpc) is 2.15. The predicted octanol–water partition coefficient (Wildman–Crippen LogP) is 0.632. The van der Waals surface area contributed by atoms with E-state index < -0.39 is 0 Å². The number of esters is 1. The highest BCUT2D eigenvalue weighted by molar-refractivity contribution is 8.69. The molecule has 76 valence electrons. The minimum atomic E-state index is -0.327. The topological polar surface area (TPSA) is 55.4 Å². The molecule has 0 aromatic carbocycles. The molecule has 0 aliphatic heterocycles. The van der Waals surface area contributed by atoms with Crippen LogP contribution in [-0.4, -0.2) is 30.8 Å². The van der Waals surface area contributed by atoms with Crippen LogP contribution in [0.3, 0.4) is 0 Å². The first-order valence-corrected chi connectivity index (χ1v) is 5.69. The van der Waals surface area contributed by atoms with Gasteiger partial charge in [0.1, 0.15) is 0 Å². The normalized spacial score (nSPS) is 11.9. The van der Waals surface area contributed by atoms with E-state index in [0.717, 1.165) is 10.8 Å². The van der Waals surface area contributed by atoms with E-state index in [4.69, 9.17) is 0 Å². The number of carbonyl (C=O) groups excluding carboxylic acids is 2. The summed E-state index contributed by atoms with van der Waals surface area (Å²) in [6.07, 6.45) is 0.201. The lowest BCUT2D eigenvalue weighted by atomic mass is 10.4. The van der Waals surface area contributed by atoms with Crippen molar-refractivity contribution in [2.75, 3.05) is 13.7 Å². The van der Waals surface area contributed by atoms with Gasteiger partial charge in [-0.3, -0.25) is 9.59 Å². The molecule has 0 rings (SSSR count). The molecule has 13 heavy (non-hydrogen) atoms. The van der Waals surface area contributed by atoms with Crippen molar-refractivity contribution in [2.45, 2.75) is 18.6 Å². The summed E-state index contributed by atoms with van der Waals surface area (Å²) in [4.78, 5) is 21.7. The second-order valence-corrected chi connectivity index (χ2v) is 3.92. The van der Waals surface area contributed by atoms with E-state index in [1.54, 1.807) is 6.92 Å². The van der Waals surface area contributed by atoms with Gasteiger partial charge in [0.15, 0.2) is 0 Å². The molecule has 0 bridgehead atoms. The average molecular weight is 223 g/mol. The number of methoxy groups -OCH3 is 1. The van der Waals surface area contributed by atoms with Crippen LogP contribution in [0.2, 0.25) is 0 Å². The summed E-state index contributed by atoms with van der Waals surface area (Å²) in [7, 11) is 2.48. The van der Waals surface area contributed by atoms with Crippen molar-refractivity contribution >= 4 is 34.3 Å². The number of hydrogen-bond acceptors (Lipinski definition) is 5. The minimum Gasteiger partial charge on any atom is -0.469 e. The Morgan fingerprint density at radius 3 is 2.69 bits per heavy atom. The molecule has 0 heterocycles. The maximum atomic E-state index is 11.1. The zero-order valence-electron chi connectivity index (χ0n) is 7.57. The molecule has 1 amide bonds. The van der Waals surface area contributed by atoms with Gasteiger partial charge in [0.05, 0.1) is 18.8 Å². The molecule has 1 unspecified atom stereocenters. The first kappa shape index (κ1) is 12.6. The van der Waals surface area contributed by atoms with Gasteiger partial charge >= 0.3 is 5.97 Å². The summed E-state index contributed by atoms with van der Waals surface area (Å²) in [5.41, 5.74) is 0. The fourth-order valence-electron chi connectivity index (χ4n) is 0.581. The van der Waals surface area contributed by atoms with Gasteiger partial charge in [0, 0.05) is 6.54 Å². The van der Waals surface area contributed by atoms with E-state index in [1.807, 2.05) is 0 Å². The largest absolute Gasteiger partial charge is 0.469 e. The lowest BCUT2D eigenvalue weighted by Gasteiger charge is -2.07. The van der Waals surface area contributed by atoms with Crippen molar-refractivity contribution in [3.05, 3.63) is 0 Å². The Hall–Kier alpha value is -0.360. The first-order chi connectivity index (χ1) is 6.11. The van der Waals surface area contributed by atoms with E-state index in [9.17, 15) is 9.59 Å². The van der Waals surface area contributed by atoms with Gasteiger partial charge in [-0.15, -0.1) is 11.7 Å². The molecule has 1 N–H and O–H groups in total. The maximum absolute atomic E-state index is 11.1. The summed E-state index contributed by atoms with van der Waals surface area (Å²) in [5.74, 6) is -0.449. The van der Waals surface area contributed by atoms with Gasteiger partial charge in [0.25, 0.3) is 0 Å². The molecule has 0 fully saturated rings. The van der Waals surface area contributed by atoms with Crippen LogP contribution in [0.25, 0.3) is 0 Å². The van der Waals surface area contributed by atoms with Gasteiger partial charge in [0.2, 0.25) is 5.91 Å². The van der Waals surface area contributed by atoms with Crippen LogP contribution < -0.4 is 5.32 Å². The van der Waals surface area contributed by atoms with Crippen molar-refractivity contribution in [1.29, 1.82) is 0 Å². The molecule has 0 aliphatic carbocycles. The molecule has 4 nitrogen and oxygen atoms in total. The van der Waals surface area contributed by atoms with Crippen LogP contribution in [0, 0.1) is 0 Å². The van der Waals surface area contributed by atoms with Crippen LogP contribution in [-0.2, 0) is 14.3 Å². The predicted molar refractivity (Wildman–Crippen MR) is 55.7 cm³/mol. The fourth-order valence-corrected chi connectivity index (χ4v) is 1.05. The number of amides is 1. The van der Waals surface area contributed by atoms with Crippen LogP contribution >= 0.6 is 22.5 Å². The number of rotatable bonds is 5. The zero-order chi connectivity index (χ0) is 10.3. The number of hydrogen-bond donors (Lipinski definition) is 2. The quantitative estimate of drug-likeness (QED) is 0.408. The minimum absolute atomic E-state index is 0.121. The Morgan fingerprint density at radius 1 is 1.62 bits per heavy atom. The molecule has 0 saturated carbocycles. The summed E-state index contributed by atoms with van der Waals surface area (Å²) in [6.45, 7) is 2.05. The lowest BCUT2D eigenvalue weighted by molar-refractivity contribution is -0.140. The highest BCUT2D eigenvalue weighted by Gasteiger charge is 2.11. The number of nitrogens with one attached hydrogen (secondary N) is 1. The van der Waals surface area contributed by atoms with E-state index in [1.165, 1.54) is 7.11 Å². The Balaban J connectivity index is 3.53. The Bertz CT molecular complexity index is 187. The molecular formula is C7H13NO3S2. The maximum Gasteiger partial charge on any atom is 0.307 e. The first-order valence-electron chi connectivity index (χ1n) is 3.76. The Morgan fingerprint density at radius 2 is 2.23 bits per heavy atom. The second kappa shape index (κ2) is 7.08. The third-order valence-electron chi connectivity index (χ3n) is 1.38. The molecule has 6 heteroatoms. The number of carbonyl (C=O) groups is 2. The van der Waals surface area contributed by atoms with Crippen LogP contribution in [0.1, 0.15) is 13.3 Å². The van der Waals surface area contributed by atoms with Crippen molar-refractivity contribution in [3.8, 4) is 0 Å². The third kappa shape index (κ3) is 5.81. The van der Waals surface area contributed by atoms with Gasteiger partial charge in [-0.25, -0.2) is 0 Å². The van der Waals surface area contributed by atoms with Crippen LogP contribution in [0.4, 0.5) is 0 Å². The highest BCUT2D eigenvalue weighted by atomic mass is 33.1. The van der Waals surface area contributed by atoms with Gasteiger partial charge in [-0.2, -0.15) is 0 Å². The summed E-state index contributed by atoms with van der Waals surface area (Å²) >= 11 is 3.90. The van der Waals surface area contributed by atoms with E-state index in [0.29, 0.717) is 6.54 Å². The van der Waals surface area contributed by atoms with E-state index in [-0.39, 0.29) is 23.5 Å². The fraction of sp³-hybridized carbons (Fsp3) is 0.714. The zero-order valence-corrected chi connectivity index (χ0v) is 9.28. The molecule has 0 aromatic rings. The lowest BCUT2D eigenvalue weighted by Crippen LogP contribution is -2.32. The van der Waals surface area contributed by atoms with E-state index in [2.05, 4.69) is 21.7 Å². The summed E-state index contributed by atoms with van der Waals surface area (Å²) in [6, 6.07) is 0. The van der Waals surface area contributed by atoms with Gasteiger partial charge in [-0.1, -0.05) is 10.8 Å². The molecule has 0 saturated heterocycles. The smallest absolute Gasteiger partial charge is 0.307 e. The van der Waals surface area contributed by atoms with Gasteiger partial charge < -0.3 is 10.1 Å². The molecule has 0 aromatic heterocycles. The van der Waals surface area contributed by atoms with Crippen LogP contribution in [0.5, 0.6) is 0 Å².